The second kappa shape index (κ2) is 4.00. The van der Waals surface area contributed by atoms with Crippen molar-refractivity contribution in [2.24, 2.45) is 4.99 Å². The van der Waals surface area contributed by atoms with Crippen LogP contribution in [0.25, 0.3) is 0 Å². The topological polar surface area (TPSA) is 38.4 Å². The number of rotatable bonds is 2. The van der Waals surface area contributed by atoms with Gasteiger partial charge in [0.2, 0.25) is 0 Å². The van der Waals surface area contributed by atoms with Gasteiger partial charge in [0.1, 0.15) is 10.6 Å². The Morgan fingerprint density at radius 3 is 3.33 bits per heavy atom. The second-order valence-electron chi connectivity index (χ2n) is 2.28. The van der Waals surface area contributed by atoms with Gasteiger partial charge < -0.3 is 4.52 Å². The van der Waals surface area contributed by atoms with Gasteiger partial charge in [-0.2, -0.15) is 0 Å². The predicted octanol–water partition coefficient (Wildman–Crippen LogP) is 2.01. The summed E-state index contributed by atoms with van der Waals surface area (Å²) in [5.74, 6) is 1.99. The van der Waals surface area contributed by atoms with E-state index >= 15 is 0 Å². The number of aromatic nitrogens is 1. The molecule has 1 aromatic heterocycles. The molecule has 5 heteroatoms. The summed E-state index contributed by atoms with van der Waals surface area (Å²) in [7, 11) is 0. The van der Waals surface area contributed by atoms with E-state index in [1.807, 2.05) is 17.8 Å². The molecule has 0 saturated heterocycles. The molecule has 12 heavy (non-hydrogen) atoms. The number of hydrogen-bond donors (Lipinski definition) is 0. The summed E-state index contributed by atoms with van der Waals surface area (Å²) < 4.78 is 5.90. The molecule has 2 rings (SSSR count). The van der Waals surface area contributed by atoms with Gasteiger partial charge in [-0.05, 0) is 0 Å². The summed E-state index contributed by atoms with van der Waals surface area (Å²) >= 11 is 3.55. The molecule has 0 aromatic carbocycles. The zero-order valence-electron chi connectivity index (χ0n) is 6.40. The number of aliphatic imine (C=N–C) groups is 1. The Kier molecular flexibility index (Phi) is 2.73. The van der Waals surface area contributed by atoms with E-state index in [1.54, 1.807) is 18.0 Å². The summed E-state index contributed by atoms with van der Waals surface area (Å²) in [5, 5.41) is 3.82. The maximum absolute atomic E-state index is 4.72. The van der Waals surface area contributed by atoms with Gasteiger partial charge >= 0.3 is 0 Å². The van der Waals surface area contributed by atoms with E-state index < -0.39 is 0 Å². The molecule has 2 heterocycles. The highest BCUT2D eigenvalue weighted by molar-refractivity contribution is 8.38. The predicted molar refractivity (Wildman–Crippen MR) is 52.6 cm³/mol. The van der Waals surface area contributed by atoms with Gasteiger partial charge in [0.25, 0.3) is 0 Å². The molecule has 1 aliphatic rings. The lowest BCUT2D eigenvalue weighted by atomic mass is 10.5. The lowest BCUT2D eigenvalue weighted by molar-refractivity contribution is 0.414. The van der Waals surface area contributed by atoms with Gasteiger partial charge in [-0.1, -0.05) is 28.7 Å². The first kappa shape index (κ1) is 8.19. The molecular weight excluding hydrogens is 192 g/mol. The van der Waals surface area contributed by atoms with Crippen LogP contribution < -0.4 is 0 Å². The average Bonchev–Trinajstić information content (AvgIpc) is 2.74. The summed E-state index contributed by atoms with van der Waals surface area (Å²) in [6, 6.07) is 1.88. The first-order valence-corrected chi connectivity index (χ1v) is 5.61. The van der Waals surface area contributed by atoms with Crippen molar-refractivity contribution in [2.75, 3.05) is 12.3 Å². The fourth-order valence-corrected chi connectivity index (χ4v) is 2.75. The van der Waals surface area contributed by atoms with Gasteiger partial charge in [0.15, 0.2) is 0 Å². The third-order valence-corrected chi connectivity index (χ3v) is 3.68. The Morgan fingerprint density at radius 1 is 1.67 bits per heavy atom. The van der Waals surface area contributed by atoms with Gasteiger partial charge in [0, 0.05) is 17.6 Å². The van der Waals surface area contributed by atoms with E-state index in [0.29, 0.717) is 0 Å². The minimum atomic E-state index is 0.863. The Hall–Kier alpha value is -0.420. The second-order valence-corrected chi connectivity index (χ2v) is 4.58. The van der Waals surface area contributed by atoms with Crippen LogP contribution in [0.15, 0.2) is 21.8 Å². The lowest BCUT2D eigenvalue weighted by Crippen LogP contribution is -1.83. The molecular formula is C7H8N2OS2. The van der Waals surface area contributed by atoms with Crippen molar-refractivity contribution in [3.63, 3.8) is 0 Å². The molecule has 0 N–H and O–H groups in total. The van der Waals surface area contributed by atoms with Gasteiger partial charge in [0.05, 0.1) is 12.2 Å². The summed E-state index contributed by atoms with van der Waals surface area (Å²) in [6.45, 7) is 0.964. The Labute approximate surface area is 79.0 Å². The SMILES string of the molecule is c1cc(CSC2=NCCS2)no1. The minimum absolute atomic E-state index is 0.863. The molecule has 0 aliphatic carbocycles. The van der Waals surface area contributed by atoms with Crippen molar-refractivity contribution in [2.45, 2.75) is 5.75 Å². The van der Waals surface area contributed by atoms with Crippen LogP contribution in [-0.4, -0.2) is 21.8 Å². The van der Waals surface area contributed by atoms with Gasteiger partial charge in [-0.15, -0.1) is 0 Å². The zero-order valence-corrected chi connectivity index (χ0v) is 8.03. The smallest absolute Gasteiger partial charge is 0.125 e. The van der Waals surface area contributed by atoms with Crippen molar-refractivity contribution in [3.8, 4) is 0 Å². The van der Waals surface area contributed by atoms with Crippen molar-refractivity contribution in [1.82, 2.24) is 5.16 Å². The first-order chi connectivity index (χ1) is 5.95. The van der Waals surface area contributed by atoms with Gasteiger partial charge in [-0.25, -0.2) is 0 Å². The van der Waals surface area contributed by atoms with Crippen LogP contribution in [0.5, 0.6) is 0 Å². The molecule has 0 amide bonds. The Balaban J connectivity index is 1.82. The highest BCUT2D eigenvalue weighted by Crippen LogP contribution is 2.24. The standard InChI is InChI=1S/C7H8N2OS2/c1-3-10-9-6(1)5-12-7-8-2-4-11-7/h1,3H,2,4-5H2. The Bertz CT molecular complexity index is 271. The van der Waals surface area contributed by atoms with E-state index in [4.69, 9.17) is 4.52 Å². The normalized spacial score (nSPS) is 16.5. The Morgan fingerprint density at radius 2 is 2.67 bits per heavy atom. The summed E-state index contributed by atoms with van der Waals surface area (Å²) in [5.41, 5.74) is 0.982. The quantitative estimate of drug-likeness (QED) is 0.732. The molecule has 0 atom stereocenters. The number of thioether (sulfide) groups is 2. The minimum Gasteiger partial charge on any atom is -0.364 e. The molecule has 1 aromatic rings. The van der Waals surface area contributed by atoms with Gasteiger partial charge in [-0.3, -0.25) is 4.99 Å². The first-order valence-electron chi connectivity index (χ1n) is 3.64. The van der Waals surface area contributed by atoms with Crippen molar-refractivity contribution < 1.29 is 4.52 Å². The third-order valence-electron chi connectivity index (χ3n) is 1.39. The van der Waals surface area contributed by atoms with E-state index in [-0.39, 0.29) is 0 Å². The largest absolute Gasteiger partial charge is 0.364 e. The molecule has 64 valence electrons. The van der Waals surface area contributed by atoms with E-state index in [2.05, 4.69) is 10.1 Å². The number of hydrogen-bond acceptors (Lipinski definition) is 5. The van der Waals surface area contributed by atoms with E-state index in [9.17, 15) is 0 Å². The third kappa shape index (κ3) is 2.04. The van der Waals surface area contributed by atoms with Crippen LogP contribution in [-0.2, 0) is 5.75 Å². The van der Waals surface area contributed by atoms with Crippen LogP contribution in [0, 0.1) is 0 Å². The fraction of sp³-hybridized carbons (Fsp3) is 0.429. The van der Waals surface area contributed by atoms with Crippen molar-refractivity contribution in [1.29, 1.82) is 0 Å². The van der Waals surface area contributed by atoms with Crippen molar-refractivity contribution in [3.05, 3.63) is 18.0 Å². The van der Waals surface area contributed by atoms with Crippen LogP contribution in [0.3, 0.4) is 0 Å². The van der Waals surface area contributed by atoms with Crippen molar-refractivity contribution >= 4 is 27.9 Å². The van der Waals surface area contributed by atoms with Crippen LogP contribution >= 0.6 is 23.5 Å². The molecule has 0 radical (unpaired) electrons. The summed E-state index contributed by atoms with van der Waals surface area (Å²) in [6.07, 6.45) is 1.60. The summed E-state index contributed by atoms with van der Waals surface area (Å²) in [4.78, 5) is 4.32. The maximum atomic E-state index is 4.72. The highest BCUT2D eigenvalue weighted by Gasteiger charge is 2.08. The molecule has 0 fully saturated rings. The van der Waals surface area contributed by atoms with Crippen LogP contribution in [0.4, 0.5) is 0 Å². The van der Waals surface area contributed by atoms with E-state index in [1.165, 1.54) is 4.38 Å². The monoisotopic (exact) mass is 200 g/mol. The molecule has 0 bridgehead atoms. The molecule has 3 nitrogen and oxygen atoms in total. The fourth-order valence-electron chi connectivity index (χ4n) is 0.851. The lowest BCUT2D eigenvalue weighted by Gasteiger charge is -1.94. The highest BCUT2D eigenvalue weighted by atomic mass is 32.2. The zero-order chi connectivity index (χ0) is 8.23. The van der Waals surface area contributed by atoms with E-state index in [0.717, 1.165) is 23.7 Å². The molecule has 0 spiro atoms. The molecule has 0 unspecified atom stereocenters. The van der Waals surface area contributed by atoms with Crippen LogP contribution in [0.1, 0.15) is 5.69 Å². The maximum Gasteiger partial charge on any atom is 0.125 e. The molecule has 1 aliphatic heterocycles. The number of nitrogens with zero attached hydrogens (tertiary/aromatic N) is 2. The molecule has 0 saturated carbocycles. The van der Waals surface area contributed by atoms with Crippen LogP contribution in [0.2, 0.25) is 0 Å². The average molecular weight is 200 g/mol.